The Kier molecular flexibility index (Phi) is 3.03. The summed E-state index contributed by atoms with van der Waals surface area (Å²) in [5.74, 6) is 0. The summed E-state index contributed by atoms with van der Waals surface area (Å²) < 4.78 is 0. The van der Waals surface area contributed by atoms with E-state index in [1.165, 1.54) is 0 Å². The van der Waals surface area contributed by atoms with E-state index >= 15 is 0 Å². The summed E-state index contributed by atoms with van der Waals surface area (Å²) in [5.41, 5.74) is 1.36. The molecule has 0 unspecified atom stereocenters. The first-order valence-electron chi connectivity index (χ1n) is 3.82. The SMILES string of the molecule is CC(=C[N+](=O)[O-])Nc1ccccc1. The van der Waals surface area contributed by atoms with Crippen molar-refractivity contribution in [1.29, 1.82) is 0 Å². The molecule has 0 fully saturated rings. The Balaban J connectivity index is 2.65. The van der Waals surface area contributed by atoms with Crippen LogP contribution in [0.5, 0.6) is 0 Å². The molecular weight excluding hydrogens is 168 g/mol. The smallest absolute Gasteiger partial charge is 0.253 e. The average Bonchev–Trinajstić information content (AvgIpc) is 2.04. The molecule has 13 heavy (non-hydrogen) atoms. The fourth-order valence-corrected chi connectivity index (χ4v) is 0.940. The van der Waals surface area contributed by atoms with Gasteiger partial charge >= 0.3 is 0 Å². The number of allylic oxidation sites excluding steroid dienone is 1. The Hall–Kier alpha value is -1.84. The van der Waals surface area contributed by atoms with Crippen molar-refractivity contribution < 1.29 is 4.92 Å². The number of nitrogens with one attached hydrogen (secondary N) is 1. The summed E-state index contributed by atoms with van der Waals surface area (Å²) in [4.78, 5) is 9.61. The van der Waals surface area contributed by atoms with Crippen molar-refractivity contribution in [2.45, 2.75) is 6.92 Å². The van der Waals surface area contributed by atoms with Crippen LogP contribution in [0.3, 0.4) is 0 Å². The van der Waals surface area contributed by atoms with Crippen LogP contribution in [0.25, 0.3) is 0 Å². The van der Waals surface area contributed by atoms with Crippen molar-refractivity contribution in [2.75, 3.05) is 5.32 Å². The molecule has 1 aromatic rings. The maximum absolute atomic E-state index is 10.1. The summed E-state index contributed by atoms with van der Waals surface area (Å²) in [6.07, 6.45) is 0.937. The number of hydrogen-bond acceptors (Lipinski definition) is 3. The lowest BCUT2D eigenvalue weighted by Crippen LogP contribution is -1.98. The number of hydrogen-bond donors (Lipinski definition) is 1. The number of anilines is 1. The highest BCUT2D eigenvalue weighted by Crippen LogP contribution is 2.07. The Morgan fingerprint density at radius 3 is 2.62 bits per heavy atom. The number of nitrogens with zero attached hydrogens (tertiary/aromatic N) is 1. The minimum Gasteiger partial charge on any atom is -0.354 e. The predicted octanol–water partition coefficient (Wildman–Crippen LogP) is 2.24. The van der Waals surface area contributed by atoms with E-state index in [-0.39, 0.29) is 0 Å². The zero-order chi connectivity index (χ0) is 9.68. The van der Waals surface area contributed by atoms with Crippen molar-refractivity contribution in [3.8, 4) is 0 Å². The summed E-state index contributed by atoms with van der Waals surface area (Å²) in [7, 11) is 0. The molecule has 4 nitrogen and oxygen atoms in total. The van der Waals surface area contributed by atoms with E-state index in [0.29, 0.717) is 5.70 Å². The summed E-state index contributed by atoms with van der Waals surface area (Å²) in [6, 6.07) is 9.30. The van der Waals surface area contributed by atoms with Gasteiger partial charge in [0.2, 0.25) is 0 Å². The number of rotatable bonds is 3. The maximum Gasteiger partial charge on any atom is 0.253 e. The minimum atomic E-state index is -0.481. The largest absolute Gasteiger partial charge is 0.354 e. The van der Waals surface area contributed by atoms with E-state index in [1.807, 2.05) is 30.3 Å². The quantitative estimate of drug-likeness (QED) is 0.570. The lowest BCUT2D eigenvalue weighted by molar-refractivity contribution is -0.403. The van der Waals surface area contributed by atoms with Crippen molar-refractivity contribution >= 4 is 5.69 Å². The Bertz CT molecular complexity index is 320. The number of para-hydroxylation sites is 1. The van der Waals surface area contributed by atoms with Crippen LogP contribution in [0.2, 0.25) is 0 Å². The number of nitro groups is 1. The van der Waals surface area contributed by atoms with Gasteiger partial charge < -0.3 is 5.32 Å². The van der Waals surface area contributed by atoms with Crippen molar-refractivity contribution in [1.82, 2.24) is 0 Å². The first-order chi connectivity index (χ1) is 6.18. The molecule has 0 heterocycles. The van der Waals surface area contributed by atoms with Crippen LogP contribution < -0.4 is 5.32 Å². The highest BCUT2D eigenvalue weighted by atomic mass is 16.6. The van der Waals surface area contributed by atoms with E-state index < -0.39 is 4.92 Å². The van der Waals surface area contributed by atoms with Gasteiger partial charge in [0.15, 0.2) is 0 Å². The van der Waals surface area contributed by atoms with Crippen LogP contribution >= 0.6 is 0 Å². The van der Waals surface area contributed by atoms with Crippen LogP contribution in [-0.4, -0.2) is 4.92 Å². The summed E-state index contributed by atoms with van der Waals surface area (Å²) in [6.45, 7) is 1.65. The molecule has 68 valence electrons. The van der Waals surface area contributed by atoms with Gasteiger partial charge in [0.05, 0.1) is 10.6 Å². The molecule has 1 rings (SSSR count). The minimum absolute atomic E-state index is 0.481. The van der Waals surface area contributed by atoms with Crippen LogP contribution in [0, 0.1) is 10.1 Å². The monoisotopic (exact) mass is 178 g/mol. The van der Waals surface area contributed by atoms with Crippen LogP contribution in [0.15, 0.2) is 42.2 Å². The van der Waals surface area contributed by atoms with Gasteiger partial charge in [-0.3, -0.25) is 10.1 Å². The molecule has 0 aromatic heterocycles. The average molecular weight is 178 g/mol. The molecule has 1 aromatic carbocycles. The Labute approximate surface area is 76.0 Å². The zero-order valence-electron chi connectivity index (χ0n) is 7.23. The standard InChI is InChI=1S/C9H10N2O2/c1-8(7-11(12)13)10-9-5-3-2-4-6-9/h2-7,10H,1H3. The molecule has 0 aliphatic rings. The molecular formula is C9H10N2O2. The van der Waals surface area contributed by atoms with Crippen LogP contribution in [0.1, 0.15) is 6.92 Å². The topological polar surface area (TPSA) is 55.2 Å². The summed E-state index contributed by atoms with van der Waals surface area (Å²) >= 11 is 0. The van der Waals surface area contributed by atoms with E-state index in [2.05, 4.69) is 5.32 Å². The van der Waals surface area contributed by atoms with Crippen LogP contribution in [-0.2, 0) is 0 Å². The molecule has 0 saturated carbocycles. The highest BCUT2D eigenvalue weighted by molar-refractivity contribution is 5.46. The molecule has 0 amide bonds. The van der Waals surface area contributed by atoms with Gasteiger partial charge in [-0.15, -0.1) is 0 Å². The fourth-order valence-electron chi connectivity index (χ4n) is 0.940. The molecule has 0 radical (unpaired) electrons. The first kappa shape index (κ1) is 9.25. The number of benzene rings is 1. The van der Waals surface area contributed by atoms with E-state index in [1.54, 1.807) is 6.92 Å². The second kappa shape index (κ2) is 4.25. The zero-order valence-corrected chi connectivity index (χ0v) is 7.23. The van der Waals surface area contributed by atoms with E-state index in [4.69, 9.17) is 0 Å². The second-order valence-electron chi connectivity index (χ2n) is 2.59. The third-order valence-electron chi connectivity index (χ3n) is 1.41. The van der Waals surface area contributed by atoms with Crippen LogP contribution in [0.4, 0.5) is 5.69 Å². The first-order valence-corrected chi connectivity index (χ1v) is 3.82. The molecule has 1 N–H and O–H groups in total. The van der Waals surface area contributed by atoms with E-state index in [0.717, 1.165) is 11.9 Å². The van der Waals surface area contributed by atoms with Gasteiger partial charge in [0.25, 0.3) is 6.20 Å². The molecule has 0 atom stereocenters. The van der Waals surface area contributed by atoms with E-state index in [9.17, 15) is 10.1 Å². The molecule has 4 heteroatoms. The highest BCUT2D eigenvalue weighted by Gasteiger charge is 1.95. The second-order valence-corrected chi connectivity index (χ2v) is 2.59. The summed E-state index contributed by atoms with van der Waals surface area (Å²) in [5, 5.41) is 13.0. The lowest BCUT2D eigenvalue weighted by Gasteiger charge is -2.02. The van der Waals surface area contributed by atoms with Gasteiger partial charge in [0, 0.05) is 5.69 Å². The molecule has 0 aliphatic heterocycles. The molecule has 0 bridgehead atoms. The van der Waals surface area contributed by atoms with Crippen molar-refractivity contribution in [2.24, 2.45) is 0 Å². The fraction of sp³-hybridized carbons (Fsp3) is 0.111. The lowest BCUT2D eigenvalue weighted by atomic mass is 10.3. The predicted molar refractivity (Wildman–Crippen MR) is 50.8 cm³/mol. The van der Waals surface area contributed by atoms with Crippen molar-refractivity contribution in [3.05, 3.63) is 52.3 Å². The van der Waals surface area contributed by atoms with Gasteiger partial charge in [-0.05, 0) is 19.1 Å². The molecule has 0 saturated heterocycles. The Morgan fingerprint density at radius 1 is 1.46 bits per heavy atom. The molecule has 0 spiro atoms. The maximum atomic E-state index is 10.1. The van der Waals surface area contributed by atoms with Gasteiger partial charge in [-0.25, -0.2) is 0 Å². The van der Waals surface area contributed by atoms with Gasteiger partial charge in [0.1, 0.15) is 0 Å². The normalized spacial score (nSPS) is 11.0. The third kappa shape index (κ3) is 3.37. The molecule has 0 aliphatic carbocycles. The third-order valence-corrected chi connectivity index (χ3v) is 1.41. The van der Waals surface area contributed by atoms with Gasteiger partial charge in [-0.2, -0.15) is 0 Å². The van der Waals surface area contributed by atoms with Gasteiger partial charge in [-0.1, -0.05) is 18.2 Å². The Morgan fingerprint density at radius 2 is 2.08 bits per heavy atom. The van der Waals surface area contributed by atoms with Crippen molar-refractivity contribution in [3.63, 3.8) is 0 Å².